The summed E-state index contributed by atoms with van der Waals surface area (Å²) in [4.78, 5) is 0. The van der Waals surface area contributed by atoms with E-state index in [1.807, 2.05) is 0 Å². The molecule has 0 aromatic carbocycles. The van der Waals surface area contributed by atoms with E-state index >= 15 is 0 Å². The summed E-state index contributed by atoms with van der Waals surface area (Å²) in [5.74, 6) is 1.18. The molecule has 1 N–H and O–H groups in total. The first kappa shape index (κ1) is 11.4. The fourth-order valence-electron chi connectivity index (χ4n) is 3.88. The molecule has 2 aliphatic rings. The number of hydrogen-bond donors (Lipinski definition) is 1. The molecule has 2 rings (SSSR count). The average Bonchev–Trinajstić information content (AvgIpc) is 2.77. The van der Waals surface area contributed by atoms with Gasteiger partial charge in [-0.2, -0.15) is 0 Å². The molecule has 0 radical (unpaired) electrons. The van der Waals surface area contributed by atoms with Gasteiger partial charge in [-0.1, -0.05) is 40.0 Å². The minimum absolute atomic E-state index is 0.278. The zero-order chi connectivity index (χ0) is 11.1. The minimum atomic E-state index is -0.278. The van der Waals surface area contributed by atoms with Crippen LogP contribution < -0.4 is 0 Å². The lowest BCUT2D eigenvalue weighted by molar-refractivity contribution is -0.0252. The van der Waals surface area contributed by atoms with Crippen molar-refractivity contribution in [2.24, 2.45) is 17.3 Å². The molecule has 0 aromatic rings. The van der Waals surface area contributed by atoms with Crippen molar-refractivity contribution in [3.63, 3.8) is 0 Å². The van der Waals surface area contributed by atoms with Gasteiger partial charge in [0.15, 0.2) is 0 Å². The fraction of sp³-hybridized carbons (Fsp3) is 1.00. The maximum atomic E-state index is 10.7. The number of hydrogen-bond acceptors (Lipinski definition) is 1. The largest absolute Gasteiger partial charge is 0.389 e. The monoisotopic (exact) mass is 210 g/mol. The third kappa shape index (κ3) is 1.95. The Kier molecular flexibility index (Phi) is 2.87. The molecule has 0 bridgehead atoms. The average molecular weight is 210 g/mol. The highest BCUT2D eigenvalue weighted by Gasteiger charge is 2.60. The standard InChI is InChI=1S/C14H26O/c1-4-7-11-10-14(11,15)12-8-5-6-9-13(12,2)3/h11-12,15H,4-10H2,1-3H3. The second-order valence-electron chi connectivity index (χ2n) is 6.47. The molecule has 0 heterocycles. The Bertz CT molecular complexity index is 233. The summed E-state index contributed by atoms with van der Waals surface area (Å²) in [6, 6.07) is 0. The normalized spacial score (nSPS) is 44.0. The van der Waals surface area contributed by atoms with Crippen LogP contribution >= 0.6 is 0 Å². The Morgan fingerprint density at radius 1 is 1.27 bits per heavy atom. The first-order valence-corrected chi connectivity index (χ1v) is 6.73. The van der Waals surface area contributed by atoms with E-state index in [0.29, 0.717) is 17.3 Å². The van der Waals surface area contributed by atoms with Gasteiger partial charge in [0.1, 0.15) is 0 Å². The van der Waals surface area contributed by atoms with Crippen LogP contribution in [0.4, 0.5) is 0 Å². The molecule has 2 fully saturated rings. The molecule has 2 saturated carbocycles. The lowest BCUT2D eigenvalue weighted by atomic mass is 9.65. The molecular weight excluding hydrogens is 184 g/mol. The van der Waals surface area contributed by atoms with Crippen LogP contribution in [-0.4, -0.2) is 10.7 Å². The van der Waals surface area contributed by atoms with Crippen LogP contribution in [0.1, 0.15) is 65.7 Å². The molecular formula is C14H26O. The van der Waals surface area contributed by atoms with E-state index in [1.165, 1.54) is 38.5 Å². The molecule has 0 spiro atoms. The summed E-state index contributed by atoms with van der Waals surface area (Å²) in [5.41, 5.74) is 0.0927. The number of rotatable bonds is 3. The molecule has 2 aliphatic carbocycles. The molecule has 0 aliphatic heterocycles. The van der Waals surface area contributed by atoms with E-state index in [4.69, 9.17) is 0 Å². The zero-order valence-electron chi connectivity index (χ0n) is 10.6. The van der Waals surface area contributed by atoms with Gasteiger partial charge in [-0.15, -0.1) is 0 Å². The molecule has 3 unspecified atom stereocenters. The molecule has 0 aromatic heterocycles. The lowest BCUT2D eigenvalue weighted by Gasteiger charge is -2.42. The Morgan fingerprint density at radius 3 is 2.60 bits per heavy atom. The van der Waals surface area contributed by atoms with Crippen LogP contribution in [0.3, 0.4) is 0 Å². The van der Waals surface area contributed by atoms with Gasteiger partial charge >= 0.3 is 0 Å². The smallest absolute Gasteiger partial charge is 0.0713 e. The third-order valence-corrected chi connectivity index (χ3v) is 4.87. The van der Waals surface area contributed by atoms with Crippen molar-refractivity contribution in [3.8, 4) is 0 Å². The highest BCUT2D eigenvalue weighted by molar-refractivity contribution is 5.11. The van der Waals surface area contributed by atoms with Crippen LogP contribution in [-0.2, 0) is 0 Å². The predicted octanol–water partition coefficient (Wildman–Crippen LogP) is 3.75. The quantitative estimate of drug-likeness (QED) is 0.752. The molecule has 0 amide bonds. The van der Waals surface area contributed by atoms with E-state index < -0.39 is 0 Å². The summed E-state index contributed by atoms with van der Waals surface area (Å²) >= 11 is 0. The Hall–Kier alpha value is -0.0400. The highest BCUT2D eigenvalue weighted by Crippen LogP contribution is 2.60. The van der Waals surface area contributed by atoms with Crippen LogP contribution in [0.5, 0.6) is 0 Å². The Labute approximate surface area is 94.3 Å². The number of aliphatic hydroxyl groups is 1. The van der Waals surface area contributed by atoms with Gasteiger partial charge < -0.3 is 5.11 Å². The first-order chi connectivity index (χ1) is 7.00. The molecule has 1 heteroatoms. The van der Waals surface area contributed by atoms with E-state index in [-0.39, 0.29) is 5.60 Å². The SMILES string of the molecule is CCCC1CC1(O)C1CCCCC1(C)C. The second-order valence-corrected chi connectivity index (χ2v) is 6.47. The zero-order valence-corrected chi connectivity index (χ0v) is 10.6. The highest BCUT2D eigenvalue weighted by atomic mass is 16.3. The Balaban J connectivity index is 2.04. The fourth-order valence-corrected chi connectivity index (χ4v) is 3.88. The third-order valence-electron chi connectivity index (χ3n) is 4.87. The van der Waals surface area contributed by atoms with Gasteiger partial charge in [0.25, 0.3) is 0 Å². The first-order valence-electron chi connectivity index (χ1n) is 6.73. The van der Waals surface area contributed by atoms with Crippen molar-refractivity contribution in [2.75, 3.05) is 0 Å². The van der Waals surface area contributed by atoms with Crippen LogP contribution in [0.15, 0.2) is 0 Å². The van der Waals surface area contributed by atoms with Crippen molar-refractivity contribution < 1.29 is 5.11 Å². The molecule has 1 nitrogen and oxygen atoms in total. The van der Waals surface area contributed by atoms with Crippen molar-refractivity contribution >= 4 is 0 Å². The van der Waals surface area contributed by atoms with Gasteiger partial charge in [0.05, 0.1) is 5.60 Å². The molecule has 0 saturated heterocycles. The van der Waals surface area contributed by atoms with Crippen molar-refractivity contribution in [1.29, 1.82) is 0 Å². The predicted molar refractivity (Wildman–Crippen MR) is 63.7 cm³/mol. The van der Waals surface area contributed by atoms with Gasteiger partial charge in [-0.25, -0.2) is 0 Å². The van der Waals surface area contributed by atoms with E-state index in [9.17, 15) is 5.11 Å². The summed E-state index contributed by atoms with van der Waals surface area (Å²) in [6.45, 7) is 6.94. The van der Waals surface area contributed by atoms with Crippen LogP contribution in [0.25, 0.3) is 0 Å². The maximum Gasteiger partial charge on any atom is 0.0713 e. The molecule has 15 heavy (non-hydrogen) atoms. The summed E-state index contributed by atoms with van der Waals surface area (Å²) in [6.07, 6.45) is 8.77. The summed E-state index contributed by atoms with van der Waals surface area (Å²) < 4.78 is 0. The van der Waals surface area contributed by atoms with Crippen molar-refractivity contribution in [3.05, 3.63) is 0 Å². The molecule has 3 atom stereocenters. The van der Waals surface area contributed by atoms with Gasteiger partial charge in [-0.05, 0) is 42.9 Å². The summed E-state index contributed by atoms with van der Waals surface area (Å²) in [5, 5.41) is 10.7. The van der Waals surface area contributed by atoms with Crippen molar-refractivity contribution in [2.45, 2.75) is 71.3 Å². The van der Waals surface area contributed by atoms with Gasteiger partial charge in [0.2, 0.25) is 0 Å². The van der Waals surface area contributed by atoms with Gasteiger partial charge in [-0.3, -0.25) is 0 Å². The van der Waals surface area contributed by atoms with Crippen LogP contribution in [0.2, 0.25) is 0 Å². The minimum Gasteiger partial charge on any atom is -0.389 e. The van der Waals surface area contributed by atoms with E-state index in [2.05, 4.69) is 20.8 Å². The van der Waals surface area contributed by atoms with E-state index in [1.54, 1.807) is 0 Å². The Morgan fingerprint density at radius 2 is 2.00 bits per heavy atom. The topological polar surface area (TPSA) is 20.2 Å². The molecule has 88 valence electrons. The lowest BCUT2D eigenvalue weighted by Crippen LogP contribution is -2.39. The van der Waals surface area contributed by atoms with Gasteiger partial charge in [0, 0.05) is 0 Å². The summed E-state index contributed by atoms with van der Waals surface area (Å²) in [7, 11) is 0. The van der Waals surface area contributed by atoms with Crippen LogP contribution in [0, 0.1) is 17.3 Å². The van der Waals surface area contributed by atoms with Crippen molar-refractivity contribution in [1.82, 2.24) is 0 Å². The maximum absolute atomic E-state index is 10.7. The second kappa shape index (κ2) is 3.76. The van der Waals surface area contributed by atoms with E-state index in [0.717, 1.165) is 6.42 Å².